The molecule has 0 aliphatic heterocycles. The number of fused-ring (bicyclic) bond motifs is 1. The van der Waals surface area contributed by atoms with Gasteiger partial charge < -0.3 is 14.3 Å². The molecule has 0 bridgehead atoms. The number of rotatable bonds is 5. The van der Waals surface area contributed by atoms with Gasteiger partial charge in [-0.05, 0) is 37.3 Å². The molecule has 11 heteroatoms. The Morgan fingerprint density at radius 1 is 1.03 bits per heavy atom. The summed E-state index contributed by atoms with van der Waals surface area (Å²) in [4.78, 5) is 8.08. The first kappa shape index (κ1) is 22.7. The first-order valence-corrected chi connectivity index (χ1v) is 10.1. The minimum Gasteiger partial charge on any atom is -0.504 e. The average molecular weight is 527 g/mol. The van der Waals surface area contributed by atoms with E-state index in [0.29, 0.717) is 22.3 Å². The number of ether oxygens (including phenoxy) is 1. The lowest BCUT2D eigenvalue weighted by molar-refractivity contribution is 0.317. The molecular weight excluding hydrogens is 515 g/mol. The van der Waals surface area contributed by atoms with Crippen molar-refractivity contribution in [2.45, 2.75) is 6.92 Å². The molecule has 0 aliphatic rings. The van der Waals surface area contributed by atoms with Crippen LogP contribution in [-0.4, -0.2) is 22.9 Å². The predicted octanol–water partition coefficient (Wildman–Crippen LogP) is 6.81. The SMILES string of the molecule is CCOc1cc(Br)cc(C=Nc2ccc3oc(-c4c(F)c(F)c(F)c(F)c4F)nc3c2)c1O. The summed E-state index contributed by atoms with van der Waals surface area (Å²) < 4.78 is 79.7. The maximum absolute atomic E-state index is 14.1. The van der Waals surface area contributed by atoms with E-state index in [-0.39, 0.29) is 22.6 Å². The highest BCUT2D eigenvalue weighted by Crippen LogP contribution is 2.35. The number of hydrogen-bond acceptors (Lipinski definition) is 5. The van der Waals surface area contributed by atoms with E-state index in [4.69, 9.17) is 9.15 Å². The highest BCUT2D eigenvalue weighted by atomic mass is 79.9. The van der Waals surface area contributed by atoms with E-state index in [9.17, 15) is 27.1 Å². The number of aromatic hydroxyl groups is 1. The van der Waals surface area contributed by atoms with Gasteiger partial charge in [0.25, 0.3) is 0 Å². The van der Waals surface area contributed by atoms with Crippen LogP contribution < -0.4 is 4.74 Å². The Balaban J connectivity index is 1.73. The molecule has 0 saturated carbocycles. The van der Waals surface area contributed by atoms with E-state index in [2.05, 4.69) is 25.9 Å². The second-order valence-electron chi connectivity index (χ2n) is 6.65. The Bertz CT molecular complexity index is 1390. The monoisotopic (exact) mass is 526 g/mol. The lowest BCUT2D eigenvalue weighted by atomic mass is 10.1. The van der Waals surface area contributed by atoms with E-state index in [1.807, 2.05) is 0 Å². The second-order valence-corrected chi connectivity index (χ2v) is 7.56. The van der Waals surface area contributed by atoms with Crippen molar-refractivity contribution in [3.63, 3.8) is 0 Å². The summed E-state index contributed by atoms with van der Waals surface area (Å²) in [7, 11) is 0. The first-order chi connectivity index (χ1) is 15.7. The van der Waals surface area contributed by atoms with Gasteiger partial charge in [-0.25, -0.2) is 26.9 Å². The summed E-state index contributed by atoms with van der Waals surface area (Å²) in [5.41, 5.74) is -0.503. The van der Waals surface area contributed by atoms with Gasteiger partial charge in [0.05, 0.1) is 12.3 Å². The molecule has 0 atom stereocenters. The van der Waals surface area contributed by atoms with E-state index < -0.39 is 40.5 Å². The minimum atomic E-state index is -2.27. The van der Waals surface area contributed by atoms with Crippen LogP contribution in [-0.2, 0) is 0 Å². The molecule has 1 heterocycles. The molecule has 0 amide bonds. The number of phenolic OH excluding ortho intramolecular Hbond substituents is 1. The zero-order valence-corrected chi connectivity index (χ0v) is 18.2. The lowest BCUT2D eigenvalue weighted by Crippen LogP contribution is -2.04. The van der Waals surface area contributed by atoms with Gasteiger partial charge in [-0.3, -0.25) is 4.99 Å². The van der Waals surface area contributed by atoms with Crippen LogP contribution in [0, 0.1) is 29.1 Å². The third-order valence-electron chi connectivity index (χ3n) is 4.52. The van der Waals surface area contributed by atoms with Crippen molar-refractivity contribution in [3.8, 4) is 23.0 Å². The van der Waals surface area contributed by atoms with Crippen molar-refractivity contribution in [3.05, 3.63) is 69.5 Å². The molecule has 4 rings (SSSR count). The van der Waals surface area contributed by atoms with Crippen molar-refractivity contribution in [2.75, 3.05) is 6.61 Å². The third kappa shape index (κ3) is 4.15. The van der Waals surface area contributed by atoms with Crippen LogP contribution in [0.15, 0.2) is 44.2 Å². The maximum atomic E-state index is 14.1. The van der Waals surface area contributed by atoms with Crippen molar-refractivity contribution >= 4 is 38.9 Å². The number of oxazole rings is 1. The molecule has 0 saturated heterocycles. The molecular formula is C22H12BrF5N2O3. The number of aliphatic imine (C=N–C) groups is 1. The van der Waals surface area contributed by atoms with Crippen molar-refractivity contribution < 1.29 is 36.2 Å². The van der Waals surface area contributed by atoms with Crippen LogP contribution in [0.5, 0.6) is 11.5 Å². The standard InChI is InChI=1S/C22H12BrF5N2O3/c1-2-32-14-6-10(23)5-9(21(14)31)8-29-11-3-4-13-12(7-11)30-22(33-13)15-16(24)18(26)20(28)19(27)17(15)25/h3-8,31H,2H2,1H3. The molecule has 0 radical (unpaired) electrons. The van der Waals surface area contributed by atoms with Crippen molar-refractivity contribution in [2.24, 2.45) is 4.99 Å². The zero-order chi connectivity index (χ0) is 23.9. The topological polar surface area (TPSA) is 67.9 Å². The summed E-state index contributed by atoms with van der Waals surface area (Å²) in [5.74, 6) is -11.2. The van der Waals surface area contributed by atoms with Crippen LogP contribution >= 0.6 is 15.9 Å². The van der Waals surface area contributed by atoms with Crippen LogP contribution in [0.1, 0.15) is 12.5 Å². The van der Waals surface area contributed by atoms with Crippen molar-refractivity contribution in [1.82, 2.24) is 4.98 Å². The van der Waals surface area contributed by atoms with Gasteiger partial charge in [0.1, 0.15) is 11.1 Å². The fourth-order valence-electron chi connectivity index (χ4n) is 3.00. The number of benzene rings is 3. The van der Waals surface area contributed by atoms with Crippen LogP contribution in [0.2, 0.25) is 0 Å². The molecule has 5 nitrogen and oxygen atoms in total. The fourth-order valence-corrected chi connectivity index (χ4v) is 3.45. The largest absolute Gasteiger partial charge is 0.504 e. The Kier molecular flexibility index (Phi) is 6.07. The van der Waals surface area contributed by atoms with E-state index in [1.54, 1.807) is 19.1 Å². The molecule has 0 spiro atoms. The van der Waals surface area contributed by atoms with Crippen LogP contribution in [0.25, 0.3) is 22.6 Å². The van der Waals surface area contributed by atoms with E-state index in [1.165, 1.54) is 24.4 Å². The van der Waals surface area contributed by atoms with Gasteiger partial charge in [0, 0.05) is 16.3 Å². The molecule has 1 aromatic heterocycles. The normalized spacial score (nSPS) is 11.6. The molecule has 33 heavy (non-hydrogen) atoms. The molecule has 3 aromatic carbocycles. The molecule has 0 fully saturated rings. The summed E-state index contributed by atoms with van der Waals surface area (Å²) in [6.45, 7) is 2.11. The highest BCUT2D eigenvalue weighted by molar-refractivity contribution is 9.10. The maximum Gasteiger partial charge on any atom is 0.233 e. The van der Waals surface area contributed by atoms with Gasteiger partial charge in [-0.15, -0.1) is 0 Å². The Morgan fingerprint density at radius 3 is 2.36 bits per heavy atom. The average Bonchev–Trinajstić information content (AvgIpc) is 3.20. The van der Waals surface area contributed by atoms with Crippen LogP contribution in [0.4, 0.5) is 27.6 Å². The Morgan fingerprint density at radius 2 is 1.70 bits per heavy atom. The number of hydrogen-bond donors (Lipinski definition) is 1. The second kappa shape index (κ2) is 8.81. The molecule has 4 aromatic rings. The van der Waals surface area contributed by atoms with Gasteiger partial charge in [-0.1, -0.05) is 15.9 Å². The van der Waals surface area contributed by atoms with Crippen molar-refractivity contribution in [1.29, 1.82) is 0 Å². The Labute approximate surface area is 191 Å². The van der Waals surface area contributed by atoms with E-state index in [0.717, 1.165) is 0 Å². The predicted molar refractivity (Wildman–Crippen MR) is 113 cm³/mol. The molecule has 0 aliphatic carbocycles. The highest BCUT2D eigenvalue weighted by Gasteiger charge is 2.29. The van der Waals surface area contributed by atoms with Gasteiger partial charge in [0.15, 0.2) is 40.4 Å². The third-order valence-corrected chi connectivity index (χ3v) is 4.97. The fraction of sp³-hybridized carbons (Fsp3) is 0.0909. The molecule has 1 N–H and O–H groups in total. The van der Waals surface area contributed by atoms with Gasteiger partial charge in [-0.2, -0.15) is 0 Å². The number of aromatic nitrogens is 1. The number of phenols is 1. The van der Waals surface area contributed by atoms with E-state index >= 15 is 0 Å². The summed E-state index contributed by atoms with van der Waals surface area (Å²) in [6, 6.07) is 7.43. The quantitative estimate of drug-likeness (QED) is 0.134. The molecule has 170 valence electrons. The van der Waals surface area contributed by atoms with Crippen LogP contribution in [0.3, 0.4) is 0 Å². The number of nitrogens with zero attached hydrogens (tertiary/aromatic N) is 2. The number of halogens is 6. The summed E-state index contributed by atoms with van der Waals surface area (Å²) in [5, 5.41) is 10.3. The lowest BCUT2D eigenvalue weighted by Gasteiger charge is -2.08. The summed E-state index contributed by atoms with van der Waals surface area (Å²) >= 11 is 3.31. The Hall–Kier alpha value is -3.47. The zero-order valence-electron chi connectivity index (χ0n) is 16.6. The minimum absolute atomic E-state index is 0.0387. The van der Waals surface area contributed by atoms with Gasteiger partial charge >= 0.3 is 0 Å². The first-order valence-electron chi connectivity index (χ1n) is 9.33. The smallest absolute Gasteiger partial charge is 0.233 e. The summed E-state index contributed by atoms with van der Waals surface area (Å²) in [6.07, 6.45) is 1.36. The molecule has 0 unspecified atom stereocenters. The van der Waals surface area contributed by atoms with Gasteiger partial charge in [0.2, 0.25) is 11.7 Å².